The molecule has 2 N–H and O–H groups in total. The second-order valence-electron chi connectivity index (χ2n) is 4.25. The van der Waals surface area contributed by atoms with Gasteiger partial charge in [0.05, 0.1) is 5.56 Å². The largest absolute Gasteiger partial charge is 0.337 e. The van der Waals surface area contributed by atoms with Crippen molar-refractivity contribution in [1.82, 2.24) is 4.90 Å². The van der Waals surface area contributed by atoms with E-state index in [4.69, 9.17) is 5.73 Å². The molecule has 1 saturated heterocycles. The lowest BCUT2D eigenvalue weighted by Crippen LogP contribution is -2.46. The highest BCUT2D eigenvalue weighted by Crippen LogP contribution is 2.22. The van der Waals surface area contributed by atoms with Gasteiger partial charge in [0.1, 0.15) is 5.82 Å². The van der Waals surface area contributed by atoms with E-state index in [1.807, 2.05) is 0 Å². The van der Waals surface area contributed by atoms with Gasteiger partial charge in [-0.1, -0.05) is 6.07 Å². The number of nitrogens with two attached hydrogens (primary N) is 1. The fraction of sp³-hybridized carbons (Fsp3) is 0.417. The Kier molecular flexibility index (Phi) is 3.79. The number of amides is 1. The van der Waals surface area contributed by atoms with Gasteiger partial charge in [-0.25, -0.2) is 4.39 Å². The first-order valence-corrected chi connectivity index (χ1v) is 6.37. The monoisotopic (exact) mass is 300 g/mol. The van der Waals surface area contributed by atoms with E-state index >= 15 is 0 Å². The summed E-state index contributed by atoms with van der Waals surface area (Å²) in [6.07, 6.45) is 1.79. The molecule has 17 heavy (non-hydrogen) atoms. The fourth-order valence-electron chi connectivity index (χ4n) is 2.05. The second kappa shape index (κ2) is 5.14. The van der Waals surface area contributed by atoms with E-state index in [-0.39, 0.29) is 17.5 Å². The minimum Gasteiger partial charge on any atom is -0.337 e. The summed E-state index contributed by atoms with van der Waals surface area (Å²) in [5, 5.41) is 0. The van der Waals surface area contributed by atoms with E-state index in [0.29, 0.717) is 17.6 Å². The summed E-state index contributed by atoms with van der Waals surface area (Å²) in [5.41, 5.74) is 5.92. The van der Waals surface area contributed by atoms with Crippen molar-refractivity contribution in [2.24, 2.45) is 5.73 Å². The zero-order chi connectivity index (χ0) is 12.4. The van der Waals surface area contributed by atoms with Crippen LogP contribution in [0.15, 0.2) is 22.7 Å². The average molecular weight is 301 g/mol. The van der Waals surface area contributed by atoms with Crippen LogP contribution in [-0.4, -0.2) is 29.9 Å². The van der Waals surface area contributed by atoms with Crippen LogP contribution in [0.3, 0.4) is 0 Å². The first-order chi connectivity index (χ1) is 8.09. The Bertz CT molecular complexity index is 418. The van der Waals surface area contributed by atoms with E-state index in [1.165, 1.54) is 6.07 Å². The SMILES string of the molecule is N[C@@H]1CCCN(C(=O)c2c(F)cccc2Br)C1. The predicted octanol–water partition coefficient (Wildman–Crippen LogP) is 2.15. The van der Waals surface area contributed by atoms with Gasteiger partial charge in [0.25, 0.3) is 5.91 Å². The average Bonchev–Trinajstić information content (AvgIpc) is 2.28. The van der Waals surface area contributed by atoms with Gasteiger partial charge in [-0.15, -0.1) is 0 Å². The highest BCUT2D eigenvalue weighted by atomic mass is 79.9. The lowest BCUT2D eigenvalue weighted by Gasteiger charge is -2.31. The van der Waals surface area contributed by atoms with E-state index in [2.05, 4.69) is 15.9 Å². The third kappa shape index (κ3) is 2.66. The molecule has 0 radical (unpaired) electrons. The lowest BCUT2D eigenvalue weighted by molar-refractivity contribution is 0.0703. The molecule has 3 nitrogen and oxygen atoms in total. The molecule has 1 aliphatic heterocycles. The lowest BCUT2D eigenvalue weighted by atomic mass is 10.1. The molecule has 92 valence electrons. The van der Waals surface area contributed by atoms with E-state index < -0.39 is 5.82 Å². The quantitative estimate of drug-likeness (QED) is 0.864. The Balaban J connectivity index is 2.24. The Morgan fingerprint density at radius 1 is 1.53 bits per heavy atom. The van der Waals surface area contributed by atoms with E-state index in [9.17, 15) is 9.18 Å². The number of carbonyl (C=O) groups excluding carboxylic acids is 1. The highest BCUT2D eigenvalue weighted by Gasteiger charge is 2.25. The number of piperidine rings is 1. The molecule has 0 unspecified atom stereocenters. The van der Waals surface area contributed by atoms with Crippen LogP contribution in [0.4, 0.5) is 4.39 Å². The number of nitrogens with zero attached hydrogens (tertiary/aromatic N) is 1. The van der Waals surface area contributed by atoms with Gasteiger partial charge >= 0.3 is 0 Å². The van der Waals surface area contributed by atoms with Gasteiger partial charge in [-0.2, -0.15) is 0 Å². The van der Waals surface area contributed by atoms with Crippen LogP contribution in [0.2, 0.25) is 0 Å². The number of carbonyl (C=O) groups is 1. The topological polar surface area (TPSA) is 46.3 Å². The zero-order valence-electron chi connectivity index (χ0n) is 9.33. The highest BCUT2D eigenvalue weighted by molar-refractivity contribution is 9.10. The standard InChI is InChI=1S/C12H14BrFN2O/c13-9-4-1-5-10(14)11(9)12(17)16-6-2-3-8(15)7-16/h1,4-5,8H,2-3,6-7,15H2/t8-/m1/s1. The van der Waals surface area contributed by atoms with Gasteiger partial charge in [0, 0.05) is 23.6 Å². The molecule has 0 bridgehead atoms. The third-order valence-corrected chi connectivity index (χ3v) is 3.58. The van der Waals surface area contributed by atoms with Crippen LogP contribution in [0.5, 0.6) is 0 Å². The number of hydrogen-bond donors (Lipinski definition) is 1. The molecule has 5 heteroatoms. The molecule has 1 aromatic rings. The molecule has 1 aromatic carbocycles. The van der Waals surface area contributed by atoms with Crippen molar-refractivity contribution < 1.29 is 9.18 Å². The summed E-state index contributed by atoms with van der Waals surface area (Å²) in [5.74, 6) is -0.784. The molecule has 2 rings (SSSR count). The number of rotatable bonds is 1. The van der Waals surface area contributed by atoms with Crippen molar-refractivity contribution in [2.45, 2.75) is 18.9 Å². The van der Waals surface area contributed by atoms with Crippen molar-refractivity contribution in [3.63, 3.8) is 0 Å². The van der Waals surface area contributed by atoms with Crippen LogP contribution in [-0.2, 0) is 0 Å². The van der Waals surface area contributed by atoms with Crippen LogP contribution < -0.4 is 5.73 Å². The molecular formula is C12H14BrFN2O. The molecule has 0 saturated carbocycles. The van der Waals surface area contributed by atoms with Crippen molar-refractivity contribution in [3.05, 3.63) is 34.1 Å². The van der Waals surface area contributed by atoms with Crippen LogP contribution in [0.25, 0.3) is 0 Å². The van der Waals surface area contributed by atoms with Crippen LogP contribution in [0, 0.1) is 5.82 Å². The molecule has 0 aliphatic carbocycles. The zero-order valence-corrected chi connectivity index (χ0v) is 10.9. The molecule has 0 spiro atoms. The summed E-state index contributed by atoms with van der Waals surface area (Å²) in [6, 6.07) is 4.53. The first-order valence-electron chi connectivity index (χ1n) is 5.58. The number of likely N-dealkylation sites (tertiary alicyclic amines) is 1. The summed E-state index contributed by atoms with van der Waals surface area (Å²) < 4.78 is 14.1. The Morgan fingerprint density at radius 2 is 2.29 bits per heavy atom. The van der Waals surface area contributed by atoms with Gasteiger partial charge in [0.15, 0.2) is 0 Å². The molecule has 0 aromatic heterocycles. The molecule has 1 fully saturated rings. The van der Waals surface area contributed by atoms with Gasteiger partial charge < -0.3 is 10.6 Å². The maximum absolute atomic E-state index is 13.6. The second-order valence-corrected chi connectivity index (χ2v) is 5.10. The van der Waals surface area contributed by atoms with Crippen molar-refractivity contribution in [3.8, 4) is 0 Å². The Hall–Kier alpha value is -0.940. The molecule has 1 heterocycles. The summed E-state index contributed by atoms with van der Waals surface area (Å²) >= 11 is 3.21. The van der Waals surface area contributed by atoms with Crippen LogP contribution in [0.1, 0.15) is 23.2 Å². The number of halogens is 2. The van der Waals surface area contributed by atoms with Crippen LogP contribution >= 0.6 is 15.9 Å². The number of hydrogen-bond acceptors (Lipinski definition) is 2. The van der Waals surface area contributed by atoms with Crippen molar-refractivity contribution >= 4 is 21.8 Å². The minimum atomic E-state index is -0.497. The van der Waals surface area contributed by atoms with E-state index in [0.717, 1.165) is 12.8 Å². The Labute approximate surface area is 108 Å². The first kappa shape index (κ1) is 12.5. The summed E-state index contributed by atoms with van der Waals surface area (Å²) in [7, 11) is 0. The van der Waals surface area contributed by atoms with Gasteiger partial charge in [-0.05, 0) is 40.9 Å². The Morgan fingerprint density at radius 3 is 2.94 bits per heavy atom. The molecule has 1 amide bonds. The third-order valence-electron chi connectivity index (χ3n) is 2.92. The van der Waals surface area contributed by atoms with Gasteiger partial charge in [-0.3, -0.25) is 4.79 Å². The van der Waals surface area contributed by atoms with Crippen molar-refractivity contribution in [1.29, 1.82) is 0 Å². The molecule has 1 aliphatic rings. The normalized spacial score (nSPS) is 20.4. The van der Waals surface area contributed by atoms with Gasteiger partial charge in [0.2, 0.25) is 0 Å². The number of benzene rings is 1. The summed E-state index contributed by atoms with van der Waals surface area (Å²) in [6.45, 7) is 1.15. The predicted molar refractivity (Wildman–Crippen MR) is 67.2 cm³/mol. The van der Waals surface area contributed by atoms with E-state index in [1.54, 1.807) is 17.0 Å². The fourth-order valence-corrected chi connectivity index (χ4v) is 2.57. The maximum Gasteiger partial charge on any atom is 0.258 e. The summed E-state index contributed by atoms with van der Waals surface area (Å²) in [4.78, 5) is 13.8. The smallest absolute Gasteiger partial charge is 0.258 e. The minimum absolute atomic E-state index is 0.00162. The maximum atomic E-state index is 13.6. The molecule has 1 atom stereocenters. The van der Waals surface area contributed by atoms with Crippen molar-refractivity contribution in [2.75, 3.05) is 13.1 Å². The molecular weight excluding hydrogens is 287 g/mol.